The zero-order valence-electron chi connectivity index (χ0n) is 12.0. The van der Waals surface area contributed by atoms with Crippen LogP contribution in [-0.2, 0) is 7.05 Å². The molecule has 112 valence electrons. The number of hydrogen-bond donors (Lipinski definition) is 1. The minimum Gasteiger partial charge on any atom is -0.507 e. The van der Waals surface area contributed by atoms with Gasteiger partial charge in [-0.25, -0.2) is 4.98 Å². The zero-order chi connectivity index (χ0) is 15.9. The highest BCUT2D eigenvalue weighted by atomic mass is 16.6. The van der Waals surface area contributed by atoms with E-state index in [0.717, 1.165) is 5.52 Å². The molecule has 0 saturated carbocycles. The van der Waals surface area contributed by atoms with Gasteiger partial charge in [-0.1, -0.05) is 0 Å². The molecular weight excluding hydrogens is 286 g/mol. The number of nitro benzene ring substituents is 1. The molecule has 7 nitrogen and oxygen atoms in total. The lowest BCUT2D eigenvalue weighted by molar-refractivity contribution is -0.384. The van der Waals surface area contributed by atoms with E-state index in [1.54, 1.807) is 30.9 Å². The third kappa shape index (κ3) is 2.12. The molecule has 3 rings (SSSR count). The second-order valence-corrected chi connectivity index (χ2v) is 4.81. The smallest absolute Gasteiger partial charge is 0.270 e. The molecule has 1 heterocycles. The van der Waals surface area contributed by atoms with Crippen LogP contribution in [0.15, 0.2) is 36.4 Å². The van der Waals surface area contributed by atoms with E-state index in [0.29, 0.717) is 22.7 Å². The molecule has 2 aromatic carbocycles. The molecule has 0 aliphatic heterocycles. The molecule has 22 heavy (non-hydrogen) atoms. The van der Waals surface area contributed by atoms with Crippen LogP contribution in [0.4, 0.5) is 5.69 Å². The van der Waals surface area contributed by atoms with Crippen molar-refractivity contribution < 1.29 is 14.8 Å². The largest absolute Gasteiger partial charge is 0.507 e. The van der Waals surface area contributed by atoms with Crippen molar-refractivity contribution >= 4 is 16.7 Å². The van der Waals surface area contributed by atoms with E-state index in [4.69, 9.17) is 4.74 Å². The van der Waals surface area contributed by atoms with Crippen LogP contribution >= 0.6 is 0 Å². The van der Waals surface area contributed by atoms with E-state index < -0.39 is 4.92 Å². The molecule has 0 saturated heterocycles. The zero-order valence-corrected chi connectivity index (χ0v) is 12.0. The second-order valence-electron chi connectivity index (χ2n) is 4.81. The van der Waals surface area contributed by atoms with Crippen LogP contribution in [0.2, 0.25) is 0 Å². The molecule has 0 aliphatic carbocycles. The Hall–Kier alpha value is -3.09. The molecule has 1 N–H and O–H groups in total. The highest BCUT2D eigenvalue weighted by molar-refractivity contribution is 5.83. The summed E-state index contributed by atoms with van der Waals surface area (Å²) < 4.78 is 6.93. The first-order valence-corrected chi connectivity index (χ1v) is 6.49. The van der Waals surface area contributed by atoms with Gasteiger partial charge in [-0.2, -0.15) is 0 Å². The Labute approximate surface area is 125 Å². The summed E-state index contributed by atoms with van der Waals surface area (Å²) in [6, 6.07) is 9.29. The topological polar surface area (TPSA) is 90.4 Å². The first-order valence-electron chi connectivity index (χ1n) is 6.49. The molecule has 0 bridgehead atoms. The molecule has 0 spiro atoms. The minimum absolute atomic E-state index is 0.0593. The Balaban J connectivity index is 2.24. The standard InChI is InChI=1S/C15H13N3O4/c1-17-13-5-4-10(22-2)8-12(13)16-15(17)11-7-9(18(20)21)3-6-14(11)19/h3-8,19H,1-2H3. The van der Waals surface area contributed by atoms with Crippen LogP contribution in [0.25, 0.3) is 22.4 Å². The molecule has 3 aromatic rings. The summed E-state index contributed by atoms with van der Waals surface area (Å²) in [5, 5.41) is 20.9. The predicted molar refractivity (Wildman–Crippen MR) is 81.0 cm³/mol. The predicted octanol–water partition coefficient (Wildman–Crippen LogP) is 2.86. The molecule has 7 heteroatoms. The van der Waals surface area contributed by atoms with Gasteiger partial charge in [-0.3, -0.25) is 10.1 Å². The van der Waals surface area contributed by atoms with Gasteiger partial charge in [0, 0.05) is 25.2 Å². The highest BCUT2D eigenvalue weighted by Crippen LogP contribution is 2.34. The van der Waals surface area contributed by atoms with Crippen LogP contribution in [0.5, 0.6) is 11.5 Å². The van der Waals surface area contributed by atoms with Gasteiger partial charge in [0.25, 0.3) is 5.69 Å². The lowest BCUT2D eigenvalue weighted by Gasteiger charge is -2.05. The first kappa shape index (κ1) is 13.9. The summed E-state index contributed by atoms with van der Waals surface area (Å²) >= 11 is 0. The van der Waals surface area contributed by atoms with Crippen LogP contribution < -0.4 is 4.74 Å². The Morgan fingerprint density at radius 1 is 1.27 bits per heavy atom. The monoisotopic (exact) mass is 299 g/mol. The number of aryl methyl sites for hydroxylation is 1. The lowest BCUT2D eigenvalue weighted by Crippen LogP contribution is -1.94. The minimum atomic E-state index is -0.505. The van der Waals surface area contributed by atoms with Gasteiger partial charge in [0.2, 0.25) is 0 Å². The molecule has 0 radical (unpaired) electrons. The maximum Gasteiger partial charge on any atom is 0.270 e. The van der Waals surface area contributed by atoms with Crippen molar-refractivity contribution in [1.29, 1.82) is 0 Å². The SMILES string of the molecule is COc1ccc2c(c1)nc(-c1cc([N+](=O)[O-])ccc1O)n2C. The van der Waals surface area contributed by atoms with E-state index in [1.165, 1.54) is 18.2 Å². The van der Waals surface area contributed by atoms with Crippen LogP contribution in [0.1, 0.15) is 0 Å². The number of nitrogens with zero attached hydrogens (tertiary/aromatic N) is 3. The fraction of sp³-hybridized carbons (Fsp3) is 0.133. The third-order valence-electron chi connectivity index (χ3n) is 3.52. The van der Waals surface area contributed by atoms with E-state index in [2.05, 4.69) is 4.98 Å². The average molecular weight is 299 g/mol. The van der Waals surface area contributed by atoms with Gasteiger partial charge >= 0.3 is 0 Å². The Bertz CT molecular complexity index is 886. The average Bonchev–Trinajstić information content (AvgIpc) is 2.83. The number of hydrogen-bond acceptors (Lipinski definition) is 5. The van der Waals surface area contributed by atoms with Crippen molar-refractivity contribution in [3.05, 3.63) is 46.5 Å². The maximum atomic E-state index is 10.9. The van der Waals surface area contributed by atoms with Gasteiger partial charge in [0.15, 0.2) is 0 Å². The summed E-state index contributed by atoms with van der Waals surface area (Å²) in [7, 11) is 3.35. The van der Waals surface area contributed by atoms with Crippen molar-refractivity contribution in [3.63, 3.8) is 0 Å². The van der Waals surface area contributed by atoms with E-state index in [1.807, 2.05) is 6.07 Å². The van der Waals surface area contributed by atoms with Crippen molar-refractivity contribution in [2.24, 2.45) is 7.05 Å². The molecule has 1 aromatic heterocycles. The molecular formula is C15H13N3O4. The number of fused-ring (bicyclic) bond motifs is 1. The normalized spacial score (nSPS) is 10.8. The summed E-state index contributed by atoms with van der Waals surface area (Å²) in [6.07, 6.45) is 0. The number of aromatic hydroxyl groups is 1. The number of ether oxygens (including phenoxy) is 1. The fourth-order valence-corrected chi connectivity index (χ4v) is 2.36. The number of aromatic nitrogens is 2. The molecule has 0 aliphatic rings. The van der Waals surface area contributed by atoms with E-state index in [9.17, 15) is 15.2 Å². The number of non-ortho nitro benzene ring substituents is 1. The molecule has 0 unspecified atom stereocenters. The van der Waals surface area contributed by atoms with Gasteiger partial charge in [0.1, 0.15) is 17.3 Å². The summed E-state index contributed by atoms with van der Waals surface area (Å²) in [6.45, 7) is 0. The summed E-state index contributed by atoms with van der Waals surface area (Å²) in [5.74, 6) is 1.06. The first-order chi connectivity index (χ1) is 10.5. The Morgan fingerprint density at radius 3 is 2.73 bits per heavy atom. The van der Waals surface area contributed by atoms with Crippen LogP contribution in [0.3, 0.4) is 0 Å². The van der Waals surface area contributed by atoms with Crippen LogP contribution in [-0.4, -0.2) is 26.7 Å². The van der Waals surface area contributed by atoms with Gasteiger partial charge in [0.05, 0.1) is 28.6 Å². The number of benzene rings is 2. The van der Waals surface area contributed by atoms with Crippen molar-refractivity contribution in [2.75, 3.05) is 7.11 Å². The lowest BCUT2D eigenvalue weighted by atomic mass is 10.1. The number of nitro groups is 1. The van der Waals surface area contributed by atoms with Crippen molar-refractivity contribution in [3.8, 4) is 22.9 Å². The number of rotatable bonds is 3. The number of phenolic OH excluding ortho intramolecular Hbond substituents is 1. The molecule has 0 atom stereocenters. The number of phenols is 1. The number of imidazole rings is 1. The van der Waals surface area contributed by atoms with E-state index >= 15 is 0 Å². The van der Waals surface area contributed by atoms with Gasteiger partial charge in [-0.05, 0) is 18.2 Å². The maximum absolute atomic E-state index is 10.9. The molecule has 0 fully saturated rings. The fourth-order valence-electron chi connectivity index (χ4n) is 2.36. The Morgan fingerprint density at radius 2 is 2.05 bits per heavy atom. The summed E-state index contributed by atoms with van der Waals surface area (Å²) in [5.41, 5.74) is 1.73. The van der Waals surface area contributed by atoms with E-state index in [-0.39, 0.29) is 11.4 Å². The number of methoxy groups -OCH3 is 1. The third-order valence-corrected chi connectivity index (χ3v) is 3.52. The highest BCUT2D eigenvalue weighted by Gasteiger charge is 2.17. The van der Waals surface area contributed by atoms with Crippen molar-refractivity contribution in [1.82, 2.24) is 9.55 Å². The van der Waals surface area contributed by atoms with Crippen molar-refractivity contribution in [2.45, 2.75) is 0 Å². The molecule has 0 amide bonds. The van der Waals surface area contributed by atoms with Gasteiger partial charge in [-0.15, -0.1) is 0 Å². The summed E-state index contributed by atoms with van der Waals surface area (Å²) in [4.78, 5) is 14.9. The van der Waals surface area contributed by atoms with Crippen LogP contribution in [0, 0.1) is 10.1 Å². The Kier molecular flexibility index (Phi) is 3.17. The quantitative estimate of drug-likeness (QED) is 0.593. The second kappa shape index (κ2) is 5.03. The van der Waals surface area contributed by atoms with Gasteiger partial charge < -0.3 is 14.4 Å².